The first-order chi connectivity index (χ1) is 14.4. The van der Waals surface area contributed by atoms with Crippen LogP contribution in [0.2, 0.25) is 0 Å². The van der Waals surface area contributed by atoms with E-state index in [-0.39, 0.29) is 29.8 Å². The molecule has 3 heterocycles. The summed E-state index contributed by atoms with van der Waals surface area (Å²) in [5.41, 5.74) is 0.427. The van der Waals surface area contributed by atoms with Gasteiger partial charge in [-0.15, -0.1) is 0 Å². The molecule has 3 aromatic rings. The van der Waals surface area contributed by atoms with E-state index in [1.165, 1.54) is 4.31 Å². The van der Waals surface area contributed by atoms with Crippen molar-refractivity contribution >= 4 is 26.8 Å². The minimum Gasteiger partial charge on any atom is -0.337 e. The van der Waals surface area contributed by atoms with Crippen LogP contribution in [0.1, 0.15) is 37.5 Å². The molecular formula is C20H23N5O4S. The van der Waals surface area contributed by atoms with Gasteiger partial charge in [0.05, 0.1) is 5.52 Å². The average Bonchev–Trinajstić information content (AvgIpc) is 3.05. The quantitative estimate of drug-likeness (QED) is 0.626. The highest BCUT2D eigenvalue weighted by atomic mass is 32.2. The Labute approximate surface area is 174 Å². The van der Waals surface area contributed by atoms with E-state index in [0.717, 1.165) is 5.39 Å². The zero-order chi connectivity index (χ0) is 21.3. The van der Waals surface area contributed by atoms with Crippen LogP contribution in [0.4, 0.5) is 0 Å². The largest absolute Gasteiger partial charge is 0.337 e. The number of benzene rings is 1. The smallest absolute Gasteiger partial charge is 0.250 e. The number of sulfonamides is 1. The number of para-hydroxylation sites is 1. The van der Waals surface area contributed by atoms with Crippen LogP contribution in [-0.2, 0) is 14.8 Å². The van der Waals surface area contributed by atoms with E-state index >= 15 is 0 Å². The van der Waals surface area contributed by atoms with Crippen molar-refractivity contribution in [1.29, 1.82) is 0 Å². The van der Waals surface area contributed by atoms with Crippen molar-refractivity contribution < 1.29 is 17.7 Å². The second-order valence-corrected chi connectivity index (χ2v) is 9.09. The summed E-state index contributed by atoms with van der Waals surface area (Å²) in [6, 6.07) is 8.06. The molecule has 0 bridgehead atoms. The van der Waals surface area contributed by atoms with Crippen molar-refractivity contribution in [3.63, 3.8) is 0 Å². The maximum atomic E-state index is 13.6. The van der Waals surface area contributed by atoms with Crippen molar-refractivity contribution in [1.82, 2.24) is 24.3 Å². The second kappa shape index (κ2) is 8.11. The van der Waals surface area contributed by atoms with Gasteiger partial charge >= 0.3 is 0 Å². The van der Waals surface area contributed by atoms with Crippen LogP contribution in [0.3, 0.4) is 0 Å². The minimum absolute atomic E-state index is 0.0406. The van der Waals surface area contributed by atoms with E-state index in [0.29, 0.717) is 30.7 Å². The molecule has 1 aliphatic rings. The third-order valence-electron chi connectivity index (χ3n) is 5.22. The lowest BCUT2D eigenvalue weighted by atomic mass is 10.2. The van der Waals surface area contributed by atoms with Gasteiger partial charge in [-0.25, -0.2) is 8.42 Å². The zero-order valence-electron chi connectivity index (χ0n) is 16.9. The molecule has 1 atom stereocenters. The Morgan fingerprint density at radius 3 is 2.77 bits per heavy atom. The van der Waals surface area contributed by atoms with Crippen molar-refractivity contribution in [2.24, 2.45) is 0 Å². The fourth-order valence-electron chi connectivity index (χ4n) is 3.76. The van der Waals surface area contributed by atoms with Crippen LogP contribution < -0.4 is 0 Å². The fraction of sp³-hybridized carbons (Fsp3) is 0.400. The molecular weight excluding hydrogens is 406 g/mol. The summed E-state index contributed by atoms with van der Waals surface area (Å²) in [6.45, 7) is 4.20. The van der Waals surface area contributed by atoms with Gasteiger partial charge in [0.1, 0.15) is 10.9 Å². The topological polar surface area (TPSA) is 110 Å². The van der Waals surface area contributed by atoms with Crippen molar-refractivity contribution in [3.05, 3.63) is 48.2 Å². The Bertz CT molecular complexity index is 1170. The zero-order valence-corrected chi connectivity index (χ0v) is 17.7. The number of aryl methyl sites for hydroxylation is 1. The summed E-state index contributed by atoms with van der Waals surface area (Å²) < 4.78 is 33.9. The predicted octanol–water partition coefficient (Wildman–Crippen LogP) is 2.30. The van der Waals surface area contributed by atoms with Crippen LogP contribution in [-0.4, -0.2) is 58.3 Å². The first kappa shape index (κ1) is 20.4. The summed E-state index contributed by atoms with van der Waals surface area (Å²) in [5, 5.41) is 4.58. The van der Waals surface area contributed by atoms with Crippen LogP contribution in [0, 0.1) is 6.92 Å². The number of carbonyl (C=O) groups is 1. The Balaban J connectivity index is 1.75. The minimum atomic E-state index is -3.86. The molecule has 10 heteroatoms. The van der Waals surface area contributed by atoms with Gasteiger partial charge in [0.2, 0.25) is 15.9 Å². The van der Waals surface area contributed by atoms with E-state index in [4.69, 9.17) is 4.52 Å². The van der Waals surface area contributed by atoms with Crippen molar-refractivity contribution in [2.75, 3.05) is 19.6 Å². The molecule has 1 aliphatic heterocycles. The fourth-order valence-corrected chi connectivity index (χ4v) is 5.41. The van der Waals surface area contributed by atoms with Gasteiger partial charge < -0.3 is 9.42 Å². The molecule has 0 saturated carbocycles. The van der Waals surface area contributed by atoms with E-state index in [9.17, 15) is 13.2 Å². The van der Waals surface area contributed by atoms with Gasteiger partial charge in [-0.05, 0) is 25.5 Å². The molecule has 1 unspecified atom stereocenters. The molecule has 1 saturated heterocycles. The van der Waals surface area contributed by atoms with Crippen LogP contribution in [0.25, 0.3) is 10.9 Å². The molecule has 0 N–H and O–H groups in total. The predicted molar refractivity (Wildman–Crippen MR) is 109 cm³/mol. The normalized spacial score (nSPS) is 18.5. The van der Waals surface area contributed by atoms with Gasteiger partial charge in [-0.1, -0.05) is 30.3 Å². The maximum Gasteiger partial charge on any atom is 0.250 e. The molecule has 2 aromatic heterocycles. The second-order valence-electron chi connectivity index (χ2n) is 7.18. The number of hydrogen-bond acceptors (Lipinski definition) is 7. The number of rotatable bonds is 4. The number of carbonyl (C=O) groups excluding carboxylic acids is 1. The van der Waals surface area contributed by atoms with E-state index < -0.39 is 16.1 Å². The SMILES string of the molecule is CCC(=O)N1CCCN(S(=O)(=O)c2cccc3cccnc23)CC1c1nc(C)no1. The lowest BCUT2D eigenvalue weighted by molar-refractivity contribution is -0.133. The van der Waals surface area contributed by atoms with E-state index in [1.807, 2.05) is 12.1 Å². The molecule has 0 aliphatic carbocycles. The summed E-state index contributed by atoms with van der Waals surface area (Å²) in [5.74, 6) is 0.597. The van der Waals surface area contributed by atoms with Gasteiger partial charge in [0.25, 0.3) is 5.89 Å². The first-order valence-electron chi connectivity index (χ1n) is 9.85. The van der Waals surface area contributed by atoms with Gasteiger partial charge in [0, 0.05) is 37.6 Å². The Morgan fingerprint density at radius 2 is 2.03 bits per heavy atom. The standard InChI is InChI=1S/C20H23N5O4S/c1-3-18(26)25-12-6-11-24(13-16(25)20-22-14(2)23-29-20)30(27,28)17-9-4-7-15-8-5-10-21-19(15)17/h4-5,7-10,16H,3,6,11-13H2,1-2H3. The summed E-state index contributed by atoms with van der Waals surface area (Å²) in [4.78, 5) is 22.9. The monoisotopic (exact) mass is 429 g/mol. The number of nitrogens with zero attached hydrogens (tertiary/aromatic N) is 5. The summed E-state index contributed by atoms with van der Waals surface area (Å²) in [7, 11) is -3.86. The first-order valence-corrected chi connectivity index (χ1v) is 11.3. The number of amides is 1. The number of aromatic nitrogens is 3. The van der Waals surface area contributed by atoms with Crippen LogP contribution in [0.15, 0.2) is 45.9 Å². The van der Waals surface area contributed by atoms with Gasteiger partial charge in [-0.2, -0.15) is 9.29 Å². The number of pyridine rings is 1. The molecule has 1 fully saturated rings. The number of hydrogen-bond donors (Lipinski definition) is 0. The molecule has 30 heavy (non-hydrogen) atoms. The Kier molecular flexibility index (Phi) is 5.52. The number of fused-ring (bicyclic) bond motifs is 1. The molecule has 158 valence electrons. The lowest BCUT2D eigenvalue weighted by Crippen LogP contribution is -2.40. The molecule has 9 nitrogen and oxygen atoms in total. The maximum absolute atomic E-state index is 13.6. The Morgan fingerprint density at radius 1 is 1.23 bits per heavy atom. The highest BCUT2D eigenvalue weighted by molar-refractivity contribution is 7.89. The third kappa shape index (κ3) is 3.68. The molecule has 0 spiro atoms. The average molecular weight is 430 g/mol. The summed E-state index contributed by atoms with van der Waals surface area (Å²) >= 11 is 0. The van der Waals surface area contributed by atoms with Gasteiger partial charge in [-0.3, -0.25) is 9.78 Å². The van der Waals surface area contributed by atoms with Crippen molar-refractivity contribution in [2.45, 2.75) is 37.6 Å². The summed E-state index contributed by atoms with van der Waals surface area (Å²) in [6.07, 6.45) is 2.39. The molecule has 1 aromatic carbocycles. The van der Waals surface area contributed by atoms with E-state index in [1.54, 1.807) is 43.1 Å². The highest BCUT2D eigenvalue weighted by Gasteiger charge is 2.38. The molecule has 0 radical (unpaired) electrons. The third-order valence-corrected chi connectivity index (χ3v) is 7.12. The highest BCUT2D eigenvalue weighted by Crippen LogP contribution is 2.30. The van der Waals surface area contributed by atoms with Crippen LogP contribution >= 0.6 is 0 Å². The molecule has 4 rings (SSSR count). The van der Waals surface area contributed by atoms with Gasteiger partial charge in [0.15, 0.2) is 5.82 Å². The Hall–Kier alpha value is -2.85. The van der Waals surface area contributed by atoms with Crippen LogP contribution in [0.5, 0.6) is 0 Å². The van der Waals surface area contributed by atoms with Crippen molar-refractivity contribution in [3.8, 4) is 0 Å². The molecule has 1 amide bonds. The van der Waals surface area contributed by atoms with E-state index in [2.05, 4.69) is 15.1 Å². The lowest BCUT2D eigenvalue weighted by Gasteiger charge is -2.29.